The third kappa shape index (κ3) is 3.31. The molecule has 0 amide bonds. The zero-order chi connectivity index (χ0) is 12.8. The van der Waals surface area contributed by atoms with Crippen LogP contribution in [0.15, 0.2) is 24.3 Å². The molecule has 0 aromatic heterocycles. The molecule has 0 bridgehead atoms. The lowest BCUT2D eigenvalue weighted by Crippen LogP contribution is -2.29. The molecule has 0 spiro atoms. The monoisotopic (exact) mass is 248 g/mol. The molecule has 1 aromatic rings. The molecular formula is C15H24N2O. The van der Waals surface area contributed by atoms with Gasteiger partial charge in [0.15, 0.2) is 0 Å². The van der Waals surface area contributed by atoms with E-state index in [4.69, 9.17) is 10.6 Å². The van der Waals surface area contributed by atoms with Gasteiger partial charge < -0.3 is 4.74 Å². The smallest absolute Gasteiger partial charge is 0.0484 e. The van der Waals surface area contributed by atoms with Gasteiger partial charge in [-0.1, -0.05) is 30.7 Å². The summed E-state index contributed by atoms with van der Waals surface area (Å²) in [7, 11) is 0. The summed E-state index contributed by atoms with van der Waals surface area (Å²) >= 11 is 0. The van der Waals surface area contributed by atoms with Crippen LogP contribution in [0.25, 0.3) is 0 Å². The SMILES string of the molecule is CCOCCC(NN)c1cccc(C2CCC2)c1. The molecule has 0 aliphatic heterocycles. The van der Waals surface area contributed by atoms with Crippen molar-refractivity contribution in [3.8, 4) is 0 Å². The molecule has 100 valence electrons. The zero-order valence-electron chi connectivity index (χ0n) is 11.2. The Morgan fingerprint density at radius 1 is 1.44 bits per heavy atom. The minimum atomic E-state index is 0.191. The average Bonchev–Trinajstić information content (AvgIpc) is 2.33. The summed E-state index contributed by atoms with van der Waals surface area (Å²) in [6.45, 7) is 3.53. The number of rotatable bonds is 7. The van der Waals surface area contributed by atoms with Crippen LogP contribution < -0.4 is 11.3 Å². The highest BCUT2D eigenvalue weighted by Gasteiger charge is 2.20. The fourth-order valence-electron chi connectivity index (χ4n) is 2.46. The highest BCUT2D eigenvalue weighted by Crippen LogP contribution is 2.37. The summed E-state index contributed by atoms with van der Waals surface area (Å²) in [6.07, 6.45) is 4.96. The van der Waals surface area contributed by atoms with Crippen LogP contribution in [0.4, 0.5) is 0 Å². The highest BCUT2D eigenvalue weighted by atomic mass is 16.5. The Balaban J connectivity index is 2.00. The molecule has 1 unspecified atom stereocenters. The van der Waals surface area contributed by atoms with Crippen molar-refractivity contribution in [1.82, 2.24) is 5.43 Å². The van der Waals surface area contributed by atoms with Crippen LogP contribution in [0, 0.1) is 0 Å². The Labute approximate surface area is 110 Å². The quantitative estimate of drug-likeness (QED) is 0.443. The van der Waals surface area contributed by atoms with Crippen LogP contribution >= 0.6 is 0 Å². The number of benzene rings is 1. The number of nitrogens with one attached hydrogen (secondary N) is 1. The van der Waals surface area contributed by atoms with Crippen molar-refractivity contribution in [2.75, 3.05) is 13.2 Å². The Morgan fingerprint density at radius 2 is 2.28 bits per heavy atom. The van der Waals surface area contributed by atoms with Crippen LogP contribution in [0.2, 0.25) is 0 Å². The zero-order valence-corrected chi connectivity index (χ0v) is 11.2. The normalized spacial score (nSPS) is 17.4. The van der Waals surface area contributed by atoms with Crippen molar-refractivity contribution < 1.29 is 4.74 Å². The van der Waals surface area contributed by atoms with Crippen LogP contribution in [-0.2, 0) is 4.74 Å². The van der Waals surface area contributed by atoms with Gasteiger partial charge in [0.05, 0.1) is 0 Å². The Bertz CT molecular complexity index is 363. The van der Waals surface area contributed by atoms with Crippen molar-refractivity contribution >= 4 is 0 Å². The van der Waals surface area contributed by atoms with Crippen LogP contribution in [0.3, 0.4) is 0 Å². The Hall–Kier alpha value is -0.900. The molecule has 1 aromatic carbocycles. The average molecular weight is 248 g/mol. The lowest BCUT2D eigenvalue weighted by Gasteiger charge is -2.27. The molecule has 1 atom stereocenters. The van der Waals surface area contributed by atoms with Gasteiger partial charge in [-0.3, -0.25) is 11.3 Å². The maximum Gasteiger partial charge on any atom is 0.0484 e. The standard InChI is InChI=1S/C15H24N2O/c1-2-18-10-9-15(17-16)14-8-4-7-13(11-14)12-5-3-6-12/h4,7-8,11-12,15,17H,2-3,5-6,9-10,16H2,1H3. The largest absolute Gasteiger partial charge is 0.382 e. The predicted molar refractivity (Wildman–Crippen MR) is 74.2 cm³/mol. The van der Waals surface area contributed by atoms with Crippen molar-refractivity contribution in [3.63, 3.8) is 0 Å². The van der Waals surface area contributed by atoms with Gasteiger partial charge >= 0.3 is 0 Å². The second-order valence-electron chi connectivity index (χ2n) is 5.00. The maximum atomic E-state index is 5.65. The van der Waals surface area contributed by atoms with Gasteiger partial charge in [-0.15, -0.1) is 0 Å². The van der Waals surface area contributed by atoms with E-state index < -0.39 is 0 Å². The molecule has 1 aliphatic rings. The molecule has 0 radical (unpaired) electrons. The molecule has 3 nitrogen and oxygen atoms in total. The van der Waals surface area contributed by atoms with Gasteiger partial charge in [0.2, 0.25) is 0 Å². The second kappa shape index (κ2) is 6.88. The minimum absolute atomic E-state index is 0.191. The van der Waals surface area contributed by atoms with E-state index in [1.165, 1.54) is 30.4 Å². The van der Waals surface area contributed by atoms with Crippen molar-refractivity contribution in [1.29, 1.82) is 0 Å². The van der Waals surface area contributed by atoms with E-state index in [0.717, 1.165) is 25.6 Å². The van der Waals surface area contributed by atoms with Gasteiger partial charge in [0.25, 0.3) is 0 Å². The van der Waals surface area contributed by atoms with E-state index in [1.54, 1.807) is 0 Å². The fourth-order valence-corrected chi connectivity index (χ4v) is 2.46. The number of hydrazine groups is 1. The summed E-state index contributed by atoms with van der Waals surface area (Å²) < 4.78 is 5.40. The van der Waals surface area contributed by atoms with Crippen LogP contribution in [0.5, 0.6) is 0 Å². The van der Waals surface area contributed by atoms with Crippen molar-refractivity contribution in [3.05, 3.63) is 35.4 Å². The second-order valence-corrected chi connectivity index (χ2v) is 5.00. The predicted octanol–water partition coefficient (Wildman–Crippen LogP) is 2.89. The van der Waals surface area contributed by atoms with Crippen LogP contribution in [0.1, 0.15) is 55.7 Å². The van der Waals surface area contributed by atoms with Crippen LogP contribution in [-0.4, -0.2) is 13.2 Å². The molecule has 1 saturated carbocycles. The third-order valence-corrected chi connectivity index (χ3v) is 3.85. The van der Waals surface area contributed by atoms with E-state index in [1.807, 2.05) is 6.92 Å². The summed E-state index contributed by atoms with van der Waals surface area (Å²) in [4.78, 5) is 0. The topological polar surface area (TPSA) is 47.3 Å². The van der Waals surface area contributed by atoms with E-state index in [2.05, 4.69) is 29.7 Å². The first kappa shape index (κ1) is 13.5. The molecule has 0 heterocycles. The van der Waals surface area contributed by atoms with E-state index >= 15 is 0 Å². The highest BCUT2D eigenvalue weighted by molar-refractivity contribution is 5.29. The number of hydrogen-bond acceptors (Lipinski definition) is 3. The van der Waals surface area contributed by atoms with E-state index in [0.29, 0.717) is 0 Å². The molecule has 2 rings (SSSR count). The lowest BCUT2D eigenvalue weighted by atomic mass is 9.79. The Kier molecular flexibility index (Phi) is 5.17. The third-order valence-electron chi connectivity index (χ3n) is 3.85. The van der Waals surface area contributed by atoms with Gasteiger partial charge in [0.1, 0.15) is 0 Å². The maximum absolute atomic E-state index is 5.65. The molecule has 0 saturated heterocycles. The first-order valence-electron chi connectivity index (χ1n) is 6.99. The van der Waals surface area contributed by atoms with Crippen molar-refractivity contribution in [2.24, 2.45) is 5.84 Å². The van der Waals surface area contributed by atoms with Gasteiger partial charge in [0, 0.05) is 19.3 Å². The molecule has 3 heteroatoms. The molecule has 18 heavy (non-hydrogen) atoms. The number of hydrogen-bond donors (Lipinski definition) is 2. The number of ether oxygens (including phenoxy) is 1. The van der Waals surface area contributed by atoms with E-state index in [-0.39, 0.29) is 6.04 Å². The summed E-state index contributed by atoms with van der Waals surface area (Å²) in [5.74, 6) is 6.43. The van der Waals surface area contributed by atoms with Gasteiger partial charge in [-0.25, -0.2) is 0 Å². The molecular weight excluding hydrogens is 224 g/mol. The van der Waals surface area contributed by atoms with Gasteiger partial charge in [-0.2, -0.15) is 0 Å². The Morgan fingerprint density at radius 3 is 2.89 bits per heavy atom. The molecule has 3 N–H and O–H groups in total. The van der Waals surface area contributed by atoms with Gasteiger partial charge in [-0.05, 0) is 43.2 Å². The summed E-state index contributed by atoms with van der Waals surface area (Å²) in [5, 5.41) is 0. The first-order chi connectivity index (χ1) is 8.85. The van der Waals surface area contributed by atoms with Crippen molar-refractivity contribution in [2.45, 2.75) is 44.6 Å². The molecule has 1 aliphatic carbocycles. The summed E-state index contributed by atoms with van der Waals surface area (Å²) in [5.41, 5.74) is 5.65. The molecule has 1 fully saturated rings. The number of nitrogens with two attached hydrogens (primary N) is 1. The first-order valence-corrected chi connectivity index (χ1v) is 6.99. The lowest BCUT2D eigenvalue weighted by molar-refractivity contribution is 0.136. The summed E-state index contributed by atoms with van der Waals surface area (Å²) in [6, 6.07) is 9.03. The minimum Gasteiger partial charge on any atom is -0.382 e. The van der Waals surface area contributed by atoms with E-state index in [9.17, 15) is 0 Å². The fraction of sp³-hybridized carbons (Fsp3) is 0.600.